The summed E-state index contributed by atoms with van der Waals surface area (Å²) < 4.78 is 24.0. The Morgan fingerprint density at radius 1 is 1.17 bits per heavy atom. The molecule has 1 unspecified atom stereocenters. The average molecular weight is 269 g/mol. The summed E-state index contributed by atoms with van der Waals surface area (Å²) in [6.07, 6.45) is 2.76. The fraction of sp³-hybridized carbons (Fsp3) is 0.571. The summed E-state index contributed by atoms with van der Waals surface area (Å²) in [5.41, 5.74) is 6.72. The quantitative estimate of drug-likeness (QED) is 0.737. The van der Waals surface area contributed by atoms with Crippen molar-refractivity contribution in [1.82, 2.24) is 0 Å². The summed E-state index contributed by atoms with van der Waals surface area (Å²) in [7, 11) is -2.99. The molecule has 0 amide bonds. The van der Waals surface area contributed by atoms with Crippen molar-refractivity contribution >= 4 is 9.84 Å². The van der Waals surface area contributed by atoms with Crippen LogP contribution < -0.4 is 5.73 Å². The van der Waals surface area contributed by atoms with Gasteiger partial charge < -0.3 is 5.73 Å². The van der Waals surface area contributed by atoms with Crippen molar-refractivity contribution in [3.05, 3.63) is 35.9 Å². The summed E-state index contributed by atoms with van der Waals surface area (Å²) >= 11 is 0. The van der Waals surface area contributed by atoms with Gasteiger partial charge in [0, 0.05) is 12.5 Å². The molecule has 0 aliphatic rings. The minimum atomic E-state index is -2.99. The zero-order valence-corrected chi connectivity index (χ0v) is 11.8. The Balaban J connectivity index is 2.63. The molecule has 18 heavy (non-hydrogen) atoms. The van der Waals surface area contributed by atoms with Crippen molar-refractivity contribution in [3.8, 4) is 0 Å². The normalized spacial score (nSPS) is 13.4. The van der Waals surface area contributed by atoms with Crippen LogP contribution in [0.5, 0.6) is 0 Å². The van der Waals surface area contributed by atoms with Crippen molar-refractivity contribution in [2.24, 2.45) is 5.73 Å². The molecule has 0 heterocycles. The van der Waals surface area contributed by atoms with Gasteiger partial charge in [-0.15, -0.1) is 0 Å². The van der Waals surface area contributed by atoms with Crippen LogP contribution in [0.2, 0.25) is 0 Å². The van der Waals surface area contributed by atoms with E-state index in [1.807, 2.05) is 30.3 Å². The Hall–Kier alpha value is -0.870. The summed E-state index contributed by atoms with van der Waals surface area (Å²) in [5, 5.41) is 0. The molecule has 0 saturated heterocycles. The smallest absolute Gasteiger partial charge is 0.150 e. The van der Waals surface area contributed by atoms with Crippen LogP contribution in [0.15, 0.2) is 30.3 Å². The molecule has 0 bridgehead atoms. The molecular weight excluding hydrogens is 246 g/mol. The molecule has 102 valence electrons. The van der Waals surface area contributed by atoms with Gasteiger partial charge in [0.25, 0.3) is 0 Å². The standard InChI is InChI=1S/C14H23NO2S/c1-2-3-7-10-18(16,17)12-14(11-15)13-8-5-4-6-9-13/h4-6,8-9,14H,2-3,7,10-12,15H2,1H3. The van der Waals surface area contributed by atoms with Crippen molar-refractivity contribution in [2.75, 3.05) is 18.1 Å². The topological polar surface area (TPSA) is 60.2 Å². The molecule has 0 aromatic heterocycles. The molecule has 3 nitrogen and oxygen atoms in total. The first-order valence-electron chi connectivity index (χ1n) is 6.54. The van der Waals surface area contributed by atoms with Crippen LogP contribution in [0.1, 0.15) is 37.7 Å². The van der Waals surface area contributed by atoms with Gasteiger partial charge in [-0.05, 0) is 12.0 Å². The Bertz CT molecular complexity index is 428. The van der Waals surface area contributed by atoms with E-state index >= 15 is 0 Å². The van der Waals surface area contributed by atoms with Gasteiger partial charge in [-0.2, -0.15) is 0 Å². The molecule has 1 atom stereocenters. The van der Waals surface area contributed by atoms with E-state index < -0.39 is 9.84 Å². The highest BCUT2D eigenvalue weighted by Crippen LogP contribution is 2.17. The molecule has 0 saturated carbocycles. The van der Waals surface area contributed by atoms with E-state index in [-0.39, 0.29) is 17.4 Å². The lowest BCUT2D eigenvalue weighted by atomic mass is 10.0. The van der Waals surface area contributed by atoms with E-state index in [2.05, 4.69) is 6.92 Å². The SMILES string of the molecule is CCCCCS(=O)(=O)CC(CN)c1ccccc1. The van der Waals surface area contributed by atoms with Crippen molar-refractivity contribution in [1.29, 1.82) is 0 Å². The van der Waals surface area contributed by atoms with E-state index in [1.165, 1.54) is 0 Å². The van der Waals surface area contributed by atoms with Gasteiger partial charge in [-0.25, -0.2) is 8.42 Å². The maximum absolute atomic E-state index is 12.0. The average Bonchev–Trinajstić information content (AvgIpc) is 2.37. The van der Waals surface area contributed by atoms with Gasteiger partial charge in [0.2, 0.25) is 0 Å². The van der Waals surface area contributed by atoms with Crippen molar-refractivity contribution in [2.45, 2.75) is 32.1 Å². The highest BCUT2D eigenvalue weighted by molar-refractivity contribution is 7.91. The fourth-order valence-corrected chi connectivity index (χ4v) is 3.74. The van der Waals surface area contributed by atoms with Crippen LogP contribution >= 0.6 is 0 Å². The van der Waals surface area contributed by atoms with E-state index in [0.717, 1.165) is 24.8 Å². The number of unbranched alkanes of at least 4 members (excludes halogenated alkanes) is 2. The summed E-state index contributed by atoms with van der Waals surface area (Å²) in [4.78, 5) is 0. The lowest BCUT2D eigenvalue weighted by Crippen LogP contribution is -2.23. The number of rotatable bonds is 8. The molecule has 0 aliphatic heterocycles. The zero-order valence-electron chi connectivity index (χ0n) is 11.0. The summed E-state index contributed by atoms with van der Waals surface area (Å²) in [5.74, 6) is 0.360. The molecule has 1 rings (SSSR count). The second kappa shape index (κ2) is 7.54. The minimum absolute atomic E-state index is 0.0853. The Morgan fingerprint density at radius 2 is 1.83 bits per heavy atom. The van der Waals surface area contributed by atoms with E-state index in [4.69, 9.17) is 5.73 Å². The van der Waals surface area contributed by atoms with E-state index in [0.29, 0.717) is 6.54 Å². The summed E-state index contributed by atoms with van der Waals surface area (Å²) in [6, 6.07) is 9.65. The molecule has 1 aromatic carbocycles. The van der Waals surface area contributed by atoms with Crippen LogP contribution in [0.25, 0.3) is 0 Å². The lowest BCUT2D eigenvalue weighted by Gasteiger charge is -2.15. The zero-order chi connectivity index (χ0) is 13.4. The summed E-state index contributed by atoms with van der Waals surface area (Å²) in [6.45, 7) is 2.44. The maximum Gasteiger partial charge on any atom is 0.150 e. The molecule has 0 fully saturated rings. The van der Waals surface area contributed by atoms with E-state index in [9.17, 15) is 8.42 Å². The molecule has 0 radical (unpaired) electrons. The number of benzene rings is 1. The first kappa shape index (κ1) is 15.2. The third kappa shape index (κ3) is 5.19. The predicted molar refractivity (Wildman–Crippen MR) is 76.4 cm³/mol. The van der Waals surface area contributed by atoms with Gasteiger partial charge >= 0.3 is 0 Å². The number of hydrogen-bond acceptors (Lipinski definition) is 3. The number of nitrogens with two attached hydrogens (primary N) is 1. The van der Waals surface area contributed by atoms with Crippen LogP contribution in [0.4, 0.5) is 0 Å². The predicted octanol–water partition coefficient (Wildman–Crippen LogP) is 2.33. The van der Waals surface area contributed by atoms with Crippen LogP contribution in [-0.4, -0.2) is 26.5 Å². The highest BCUT2D eigenvalue weighted by atomic mass is 32.2. The molecule has 0 aliphatic carbocycles. The molecule has 1 aromatic rings. The van der Waals surface area contributed by atoms with Gasteiger partial charge in [0.05, 0.1) is 11.5 Å². The number of sulfone groups is 1. The van der Waals surface area contributed by atoms with Crippen LogP contribution in [0, 0.1) is 0 Å². The molecule has 2 N–H and O–H groups in total. The van der Waals surface area contributed by atoms with E-state index in [1.54, 1.807) is 0 Å². The monoisotopic (exact) mass is 269 g/mol. The molecular formula is C14H23NO2S. The lowest BCUT2D eigenvalue weighted by molar-refractivity contribution is 0.582. The first-order valence-corrected chi connectivity index (χ1v) is 8.36. The Labute approximate surface area is 110 Å². The molecule has 0 spiro atoms. The van der Waals surface area contributed by atoms with Gasteiger partial charge in [-0.3, -0.25) is 0 Å². The largest absolute Gasteiger partial charge is 0.330 e. The highest BCUT2D eigenvalue weighted by Gasteiger charge is 2.19. The van der Waals surface area contributed by atoms with Crippen LogP contribution in [-0.2, 0) is 9.84 Å². The first-order chi connectivity index (χ1) is 8.59. The maximum atomic E-state index is 12.0. The third-order valence-electron chi connectivity index (χ3n) is 3.07. The van der Waals surface area contributed by atoms with Gasteiger partial charge in [0.1, 0.15) is 0 Å². The Kier molecular flexibility index (Phi) is 6.36. The minimum Gasteiger partial charge on any atom is -0.330 e. The van der Waals surface area contributed by atoms with Crippen LogP contribution in [0.3, 0.4) is 0 Å². The number of hydrogen-bond donors (Lipinski definition) is 1. The third-order valence-corrected chi connectivity index (χ3v) is 4.89. The molecule has 4 heteroatoms. The van der Waals surface area contributed by atoms with Crippen molar-refractivity contribution in [3.63, 3.8) is 0 Å². The van der Waals surface area contributed by atoms with Gasteiger partial charge in [-0.1, -0.05) is 50.1 Å². The second-order valence-electron chi connectivity index (χ2n) is 4.66. The second-order valence-corrected chi connectivity index (χ2v) is 6.89. The Morgan fingerprint density at radius 3 is 2.39 bits per heavy atom. The van der Waals surface area contributed by atoms with Crippen molar-refractivity contribution < 1.29 is 8.42 Å². The van der Waals surface area contributed by atoms with Gasteiger partial charge in [0.15, 0.2) is 9.84 Å². The fourth-order valence-electron chi connectivity index (χ4n) is 1.99.